The maximum atomic E-state index is 14.0. The number of rotatable bonds is 3. The quantitative estimate of drug-likeness (QED) is 0.691. The average Bonchev–Trinajstić information content (AvgIpc) is 3.13. The molecule has 164 valence electrons. The first-order valence-electron chi connectivity index (χ1n) is 10.4. The molecule has 1 aliphatic rings. The van der Waals surface area contributed by atoms with Gasteiger partial charge in [0.15, 0.2) is 5.65 Å². The van der Waals surface area contributed by atoms with Crippen molar-refractivity contribution in [1.82, 2.24) is 24.6 Å². The van der Waals surface area contributed by atoms with E-state index in [1.54, 1.807) is 27.8 Å². The van der Waals surface area contributed by atoms with E-state index < -0.39 is 5.60 Å². The number of piperidine rings is 1. The van der Waals surface area contributed by atoms with E-state index in [2.05, 4.69) is 15.1 Å². The van der Waals surface area contributed by atoms with Gasteiger partial charge in [0.05, 0.1) is 12.2 Å². The number of hydrogen-bond acceptors (Lipinski definition) is 5. The summed E-state index contributed by atoms with van der Waals surface area (Å²) >= 11 is 0. The minimum atomic E-state index is -0.571. The van der Waals surface area contributed by atoms with Gasteiger partial charge in [-0.1, -0.05) is 18.2 Å². The highest BCUT2D eigenvalue weighted by Crippen LogP contribution is 2.25. The van der Waals surface area contributed by atoms with Gasteiger partial charge in [0.25, 0.3) is 5.56 Å². The Labute approximate surface area is 179 Å². The molecule has 4 rings (SSSR count). The van der Waals surface area contributed by atoms with E-state index in [9.17, 15) is 14.0 Å². The van der Waals surface area contributed by atoms with Crippen LogP contribution in [0.5, 0.6) is 0 Å². The van der Waals surface area contributed by atoms with Gasteiger partial charge in [0.1, 0.15) is 22.6 Å². The second-order valence-electron chi connectivity index (χ2n) is 8.83. The molecule has 1 fully saturated rings. The van der Waals surface area contributed by atoms with Crippen LogP contribution < -0.4 is 5.56 Å². The third kappa shape index (κ3) is 4.60. The van der Waals surface area contributed by atoms with Crippen LogP contribution in [0.25, 0.3) is 11.0 Å². The number of nitrogens with one attached hydrogen (secondary N) is 1. The summed E-state index contributed by atoms with van der Waals surface area (Å²) in [6, 6.07) is 6.27. The van der Waals surface area contributed by atoms with Crippen molar-refractivity contribution < 1.29 is 13.9 Å². The summed E-state index contributed by atoms with van der Waals surface area (Å²) in [7, 11) is 0. The van der Waals surface area contributed by atoms with E-state index in [1.165, 1.54) is 12.3 Å². The lowest BCUT2D eigenvalue weighted by atomic mass is 10.1. The fraction of sp³-hybridized carbons (Fsp3) is 0.455. The fourth-order valence-electron chi connectivity index (χ4n) is 3.80. The Morgan fingerprint density at radius 3 is 2.84 bits per heavy atom. The Hall–Kier alpha value is -3.23. The molecule has 3 aromatic rings. The summed E-state index contributed by atoms with van der Waals surface area (Å²) < 4.78 is 21.2. The summed E-state index contributed by atoms with van der Waals surface area (Å²) in [6.07, 6.45) is 2.88. The Balaban J connectivity index is 1.62. The van der Waals surface area contributed by atoms with Gasteiger partial charge in [0, 0.05) is 19.5 Å². The molecule has 0 radical (unpaired) electrons. The molecule has 1 aliphatic heterocycles. The van der Waals surface area contributed by atoms with Gasteiger partial charge in [-0.2, -0.15) is 5.10 Å². The van der Waals surface area contributed by atoms with Crippen LogP contribution in [0.15, 0.2) is 35.3 Å². The Kier molecular flexibility index (Phi) is 5.51. The van der Waals surface area contributed by atoms with Crippen molar-refractivity contribution in [1.29, 1.82) is 0 Å². The molecule has 3 heterocycles. The normalized spacial score (nSPS) is 17.2. The number of hydrogen-bond donors (Lipinski definition) is 1. The molecule has 9 heteroatoms. The van der Waals surface area contributed by atoms with E-state index in [0.29, 0.717) is 35.5 Å². The standard InChI is InChI=1S/C22H26FN5O3/c1-22(2,3)31-21(30)27-10-6-8-15(13-27)28-19-16(12-24-28)20(29)26-18(25-19)11-14-7-4-5-9-17(14)23/h4-5,7,9,12,15H,6,8,10-11,13H2,1-3H3,(H,25,26,29). The lowest BCUT2D eigenvalue weighted by molar-refractivity contribution is 0.0169. The Morgan fingerprint density at radius 1 is 1.32 bits per heavy atom. The van der Waals surface area contributed by atoms with Crippen molar-refractivity contribution in [2.45, 2.75) is 51.7 Å². The zero-order chi connectivity index (χ0) is 22.2. The minimum Gasteiger partial charge on any atom is -0.444 e. The molecule has 1 amide bonds. The predicted octanol–water partition coefficient (Wildman–Crippen LogP) is 3.42. The van der Waals surface area contributed by atoms with Crippen molar-refractivity contribution >= 4 is 17.1 Å². The van der Waals surface area contributed by atoms with Gasteiger partial charge in [-0.15, -0.1) is 0 Å². The molecule has 1 saturated heterocycles. The van der Waals surface area contributed by atoms with Gasteiger partial charge in [-0.3, -0.25) is 4.79 Å². The van der Waals surface area contributed by atoms with Crippen LogP contribution in [0.4, 0.5) is 9.18 Å². The van der Waals surface area contributed by atoms with Crippen molar-refractivity contribution in [2.75, 3.05) is 13.1 Å². The molecule has 0 bridgehead atoms. The zero-order valence-electron chi connectivity index (χ0n) is 17.9. The van der Waals surface area contributed by atoms with Crippen LogP contribution in [0.1, 0.15) is 51.0 Å². The van der Waals surface area contributed by atoms with Crippen molar-refractivity contribution in [2.24, 2.45) is 0 Å². The molecule has 0 spiro atoms. The number of nitrogens with zero attached hydrogens (tertiary/aromatic N) is 4. The molecule has 0 saturated carbocycles. The van der Waals surface area contributed by atoms with Gasteiger partial charge in [0.2, 0.25) is 0 Å². The summed E-state index contributed by atoms with van der Waals surface area (Å²) in [5.41, 5.74) is -0.00263. The first-order chi connectivity index (χ1) is 14.7. The highest BCUT2D eigenvalue weighted by atomic mass is 19.1. The van der Waals surface area contributed by atoms with Crippen LogP contribution in [0.3, 0.4) is 0 Å². The first kappa shape index (κ1) is 21.0. The molecule has 0 aliphatic carbocycles. The Morgan fingerprint density at radius 2 is 2.10 bits per heavy atom. The lowest BCUT2D eigenvalue weighted by Crippen LogP contribution is -2.43. The number of likely N-dealkylation sites (tertiary alicyclic amines) is 1. The second-order valence-corrected chi connectivity index (χ2v) is 8.83. The van der Waals surface area contributed by atoms with Crippen LogP contribution in [0, 0.1) is 5.82 Å². The fourth-order valence-corrected chi connectivity index (χ4v) is 3.80. The molecule has 1 N–H and O–H groups in total. The van der Waals surface area contributed by atoms with Crippen molar-refractivity contribution in [3.63, 3.8) is 0 Å². The zero-order valence-corrected chi connectivity index (χ0v) is 17.9. The molecular weight excluding hydrogens is 401 g/mol. The summed E-state index contributed by atoms with van der Waals surface area (Å²) in [5.74, 6) is 0.0168. The van der Waals surface area contributed by atoms with Crippen LogP contribution in [-0.4, -0.2) is 49.4 Å². The number of aromatic nitrogens is 4. The molecule has 8 nitrogen and oxygen atoms in total. The minimum absolute atomic E-state index is 0.130. The largest absolute Gasteiger partial charge is 0.444 e. The van der Waals surface area contributed by atoms with E-state index in [1.807, 2.05) is 20.8 Å². The third-order valence-electron chi connectivity index (χ3n) is 5.22. The average molecular weight is 427 g/mol. The third-order valence-corrected chi connectivity index (χ3v) is 5.22. The van der Waals surface area contributed by atoms with Gasteiger partial charge in [-0.25, -0.2) is 18.9 Å². The van der Waals surface area contributed by atoms with Crippen LogP contribution in [-0.2, 0) is 11.2 Å². The SMILES string of the molecule is CC(C)(C)OC(=O)N1CCCC(n2ncc3c(=O)[nH]c(Cc4ccccc4F)nc32)C1. The van der Waals surface area contributed by atoms with Gasteiger partial charge >= 0.3 is 6.09 Å². The molecule has 1 atom stereocenters. The second kappa shape index (κ2) is 8.13. The maximum absolute atomic E-state index is 14.0. The van der Waals surface area contributed by atoms with Gasteiger partial charge < -0.3 is 14.6 Å². The lowest BCUT2D eigenvalue weighted by Gasteiger charge is -2.34. The summed E-state index contributed by atoms with van der Waals surface area (Å²) in [5, 5.41) is 4.76. The number of halogens is 1. The van der Waals surface area contributed by atoms with Gasteiger partial charge in [-0.05, 0) is 45.2 Å². The van der Waals surface area contributed by atoms with E-state index in [4.69, 9.17) is 4.74 Å². The monoisotopic (exact) mass is 427 g/mol. The Bertz CT molecular complexity index is 1160. The van der Waals surface area contributed by atoms with E-state index in [0.717, 1.165) is 12.8 Å². The topological polar surface area (TPSA) is 93.1 Å². The number of fused-ring (bicyclic) bond motifs is 1. The molecule has 1 aromatic carbocycles. The predicted molar refractivity (Wildman–Crippen MR) is 113 cm³/mol. The number of amides is 1. The summed E-state index contributed by atoms with van der Waals surface area (Å²) in [6.45, 7) is 6.53. The smallest absolute Gasteiger partial charge is 0.410 e. The molecule has 2 aromatic heterocycles. The first-order valence-corrected chi connectivity index (χ1v) is 10.4. The number of H-pyrrole nitrogens is 1. The molecular formula is C22H26FN5O3. The number of benzene rings is 1. The van der Waals surface area contributed by atoms with E-state index >= 15 is 0 Å². The molecule has 31 heavy (non-hydrogen) atoms. The molecule has 1 unspecified atom stereocenters. The van der Waals surface area contributed by atoms with E-state index in [-0.39, 0.29) is 29.9 Å². The summed E-state index contributed by atoms with van der Waals surface area (Å²) in [4.78, 5) is 34.0. The number of ether oxygens (including phenoxy) is 1. The highest BCUT2D eigenvalue weighted by molar-refractivity contribution is 5.73. The highest BCUT2D eigenvalue weighted by Gasteiger charge is 2.30. The number of carbonyl (C=O) groups is 1. The van der Waals surface area contributed by atoms with Crippen LogP contribution in [0.2, 0.25) is 0 Å². The maximum Gasteiger partial charge on any atom is 0.410 e. The van der Waals surface area contributed by atoms with Crippen molar-refractivity contribution in [3.05, 3.63) is 58.0 Å². The van der Waals surface area contributed by atoms with Crippen LogP contribution >= 0.6 is 0 Å². The number of carbonyl (C=O) groups excluding carboxylic acids is 1. The van der Waals surface area contributed by atoms with Crippen molar-refractivity contribution in [3.8, 4) is 0 Å². The number of aromatic amines is 1.